The average Bonchev–Trinajstić information content (AvgIpc) is 3.07. The standard InChI is InChI=1S/C41H54N2O5/c1-29(2)43(30(3)4)24-22-36(33-11-6-5-7-12-33)37-26-32(15-19-38(37)44)10-8-9-25-48-35-17-13-31(14-18-35)21-23-42-28-41(47)34-16-20-39(45)40(46)27-34/h5-7,11-20,26-27,29-30,36,41-42,44-47H,8-10,21-25,28H2,1-4H3/t36-,41+/m1/s1. The molecule has 0 aromatic heterocycles. The molecule has 7 heteroatoms. The number of rotatable bonds is 19. The first kappa shape index (κ1) is 36.8. The Kier molecular flexibility index (Phi) is 14.2. The first-order valence-corrected chi connectivity index (χ1v) is 17.4. The highest BCUT2D eigenvalue weighted by Gasteiger charge is 2.22. The molecule has 4 rings (SSSR count). The number of unbranched alkanes of at least 4 members (excludes halogenated alkanes) is 1. The van der Waals surface area contributed by atoms with Gasteiger partial charge in [0.05, 0.1) is 12.7 Å². The third-order valence-corrected chi connectivity index (χ3v) is 9.04. The predicted octanol–water partition coefficient (Wildman–Crippen LogP) is 7.71. The molecule has 2 atom stereocenters. The Hall–Kier alpha value is -4.04. The zero-order valence-electron chi connectivity index (χ0n) is 29.0. The van der Waals surface area contributed by atoms with Crippen LogP contribution in [0.4, 0.5) is 0 Å². The average molecular weight is 655 g/mol. The molecule has 0 aliphatic rings. The number of hydrogen-bond acceptors (Lipinski definition) is 7. The minimum atomic E-state index is -0.773. The molecule has 0 spiro atoms. The van der Waals surface area contributed by atoms with Crippen molar-refractivity contribution in [1.29, 1.82) is 0 Å². The summed E-state index contributed by atoms with van der Waals surface area (Å²) < 4.78 is 6.02. The number of benzene rings is 4. The summed E-state index contributed by atoms with van der Waals surface area (Å²) in [5, 5.41) is 43.6. The van der Waals surface area contributed by atoms with Gasteiger partial charge in [-0.05, 0) is 125 Å². The summed E-state index contributed by atoms with van der Waals surface area (Å²) in [4.78, 5) is 2.52. The molecule has 0 radical (unpaired) electrons. The maximum Gasteiger partial charge on any atom is 0.157 e. The molecule has 258 valence electrons. The van der Waals surface area contributed by atoms with Gasteiger partial charge in [0.15, 0.2) is 11.5 Å². The van der Waals surface area contributed by atoms with E-state index in [9.17, 15) is 20.4 Å². The van der Waals surface area contributed by atoms with E-state index in [1.807, 2.05) is 30.3 Å². The van der Waals surface area contributed by atoms with Gasteiger partial charge in [-0.15, -0.1) is 0 Å². The monoisotopic (exact) mass is 654 g/mol. The van der Waals surface area contributed by atoms with Gasteiger partial charge in [-0.25, -0.2) is 0 Å². The molecule has 0 amide bonds. The normalized spacial score (nSPS) is 12.9. The minimum Gasteiger partial charge on any atom is -0.508 e. The SMILES string of the molecule is CC(C)N(CC[C@H](c1ccccc1)c1cc(CCCCOc2ccc(CCNC[C@H](O)c3ccc(O)c(O)c3)cc2)ccc1O)C(C)C. The van der Waals surface area contributed by atoms with Gasteiger partial charge >= 0.3 is 0 Å². The van der Waals surface area contributed by atoms with Crippen LogP contribution in [0.1, 0.15) is 86.8 Å². The third-order valence-electron chi connectivity index (χ3n) is 9.04. The minimum absolute atomic E-state index is 0.126. The van der Waals surface area contributed by atoms with Gasteiger partial charge in [0, 0.05) is 30.1 Å². The lowest BCUT2D eigenvalue weighted by molar-refractivity contribution is 0.170. The van der Waals surface area contributed by atoms with E-state index in [2.05, 4.69) is 80.4 Å². The van der Waals surface area contributed by atoms with Gasteiger partial charge in [-0.3, -0.25) is 4.90 Å². The Morgan fingerprint density at radius 3 is 2.06 bits per heavy atom. The molecule has 48 heavy (non-hydrogen) atoms. The first-order chi connectivity index (χ1) is 23.1. The lowest BCUT2D eigenvalue weighted by Gasteiger charge is -2.32. The molecule has 0 bridgehead atoms. The quantitative estimate of drug-likeness (QED) is 0.0521. The fraction of sp³-hybridized carbons (Fsp3) is 0.415. The highest BCUT2D eigenvalue weighted by Crippen LogP contribution is 2.35. The second-order valence-electron chi connectivity index (χ2n) is 13.2. The molecule has 0 heterocycles. The van der Waals surface area contributed by atoms with Crippen LogP contribution in [0.15, 0.2) is 91.0 Å². The number of aliphatic hydroxyl groups excluding tert-OH is 1. The summed E-state index contributed by atoms with van der Waals surface area (Å²) in [5.74, 6) is 0.903. The van der Waals surface area contributed by atoms with Crippen molar-refractivity contribution in [3.8, 4) is 23.0 Å². The van der Waals surface area contributed by atoms with Crippen molar-refractivity contribution in [2.75, 3.05) is 26.2 Å². The Labute approximate surface area is 286 Å². The summed E-state index contributed by atoms with van der Waals surface area (Å²) in [5.41, 5.74) is 5.20. The first-order valence-electron chi connectivity index (χ1n) is 17.4. The maximum absolute atomic E-state index is 11.0. The smallest absolute Gasteiger partial charge is 0.157 e. The summed E-state index contributed by atoms with van der Waals surface area (Å²) >= 11 is 0. The van der Waals surface area contributed by atoms with Gasteiger partial charge in [0.1, 0.15) is 11.5 Å². The van der Waals surface area contributed by atoms with Crippen LogP contribution in [0.5, 0.6) is 23.0 Å². The van der Waals surface area contributed by atoms with Crippen LogP contribution < -0.4 is 10.1 Å². The van der Waals surface area contributed by atoms with E-state index in [0.717, 1.165) is 50.0 Å². The van der Waals surface area contributed by atoms with Crippen molar-refractivity contribution >= 4 is 0 Å². The molecule has 5 N–H and O–H groups in total. The highest BCUT2D eigenvalue weighted by molar-refractivity contribution is 5.44. The van der Waals surface area contributed by atoms with Crippen molar-refractivity contribution in [1.82, 2.24) is 10.2 Å². The molecular formula is C41H54N2O5. The second kappa shape index (κ2) is 18.5. The van der Waals surface area contributed by atoms with Crippen LogP contribution in [-0.4, -0.2) is 63.7 Å². The van der Waals surface area contributed by atoms with Crippen molar-refractivity contribution < 1.29 is 25.2 Å². The molecule has 0 aliphatic heterocycles. The van der Waals surface area contributed by atoms with Crippen molar-refractivity contribution in [2.24, 2.45) is 0 Å². The topological polar surface area (TPSA) is 105 Å². The molecule has 0 unspecified atom stereocenters. The van der Waals surface area contributed by atoms with Gasteiger partial charge in [0.25, 0.3) is 0 Å². The van der Waals surface area contributed by atoms with E-state index >= 15 is 0 Å². The summed E-state index contributed by atoms with van der Waals surface area (Å²) in [6.07, 6.45) is 3.83. The number of aromatic hydroxyl groups is 3. The number of phenols is 3. The number of aliphatic hydroxyl groups is 1. The van der Waals surface area contributed by atoms with Crippen molar-refractivity contribution in [3.63, 3.8) is 0 Å². The lowest BCUT2D eigenvalue weighted by atomic mass is 9.86. The van der Waals surface area contributed by atoms with E-state index in [-0.39, 0.29) is 17.4 Å². The van der Waals surface area contributed by atoms with Crippen LogP contribution in [-0.2, 0) is 12.8 Å². The molecule has 4 aromatic carbocycles. The van der Waals surface area contributed by atoms with Crippen LogP contribution in [0.25, 0.3) is 0 Å². The van der Waals surface area contributed by atoms with Crippen molar-refractivity contribution in [3.05, 3.63) is 119 Å². The van der Waals surface area contributed by atoms with Crippen LogP contribution >= 0.6 is 0 Å². The van der Waals surface area contributed by atoms with Gasteiger partial charge < -0.3 is 30.5 Å². The number of phenolic OH excluding ortho intramolecular Hbond substituents is 3. The number of hydrogen-bond donors (Lipinski definition) is 5. The second-order valence-corrected chi connectivity index (χ2v) is 13.2. The van der Waals surface area contributed by atoms with Crippen LogP contribution in [0.3, 0.4) is 0 Å². The molecule has 0 aliphatic carbocycles. The predicted molar refractivity (Wildman–Crippen MR) is 194 cm³/mol. The fourth-order valence-corrected chi connectivity index (χ4v) is 6.33. The summed E-state index contributed by atoms with van der Waals surface area (Å²) in [6, 6.07) is 30.1. The molecule has 0 fully saturated rings. The van der Waals surface area contributed by atoms with E-state index in [4.69, 9.17) is 4.74 Å². The number of ether oxygens (including phenoxy) is 1. The molecule has 0 saturated carbocycles. The highest BCUT2D eigenvalue weighted by atomic mass is 16.5. The van der Waals surface area contributed by atoms with Gasteiger partial charge in [-0.1, -0.05) is 60.7 Å². The summed E-state index contributed by atoms with van der Waals surface area (Å²) in [6.45, 7) is 11.6. The number of aryl methyl sites for hydroxylation is 1. The number of nitrogens with one attached hydrogen (secondary N) is 1. The van der Waals surface area contributed by atoms with E-state index in [0.29, 0.717) is 43.1 Å². The van der Waals surface area contributed by atoms with Gasteiger partial charge in [0.2, 0.25) is 0 Å². The van der Waals surface area contributed by atoms with E-state index in [1.54, 1.807) is 6.07 Å². The Morgan fingerprint density at radius 2 is 1.38 bits per heavy atom. The van der Waals surface area contributed by atoms with Crippen LogP contribution in [0, 0.1) is 0 Å². The molecule has 7 nitrogen and oxygen atoms in total. The molecular weight excluding hydrogens is 600 g/mol. The lowest BCUT2D eigenvalue weighted by Crippen LogP contribution is -2.38. The Balaban J connectivity index is 1.22. The Bertz CT molecular complexity index is 1520. The van der Waals surface area contributed by atoms with E-state index < -0.39 is 6.10 Å². The summed E-state index contributed by atoms with van der Waals surface area (Å²) in [7, 11) is 0. The largest absolute Gasteiger partial charge is 0.508 e. The number of nitrogens with zero attached hydrogens (tertiary/aromatic N) is 1. The maximum atomic E-state index is 11.0. The Morgan fingerprint density at radius 1 is 0.688 bits per heavy atom. The van der Waals surface area contributed by atoms with Crippen molar-refractivity contribution in [2.45, 2.75) is 83.9 Å². The van der Waals surface area contributed by atoms with Crippen LogP contribution in [0.2, 0.25) is 0 Å². The van der Waals surface area contributed by atoms with Gasteiger partial charge in [-0.2, -0.15) is 0 Å². The zero-order valence-corrected chi connectivity index (χ0v) is 29.0. The molecule has 4 aromatic rings. The molecule has 0 saturated heterocycles. The third kappa shape index (κ3) is 11.0. The van der Waals surface area contributed by atoms with E-state index in [1.165, 1.54) is 28.8 Å². The fourth-order valence-electron chi connectivity index (χ4n) is 6.33. The zero-order chi connectivity index (χ0) is 34.5.